The van der Waals surface area contributed by atoms with E-state index in [4.69, 9.17) is 16.3 Å². The fourth-order valence-electron chi connectivity index (χ4n) is 3.38. The van der Waals surface area contributed by atoms with Gasteiger partial charge in [0.25, 0.3) is 5.91 Å². The maximum absolute atomic E-state index is 13.1. The smallest absolute Gasteiger partial charge is 0.309 e. The summed E-state index contributed by atoms with van der Waals surface area (Å²) in [4.78, 5) is 24.7. The Labute approximate surface area is 191 Å². The highest BCUT2D eigenvalue weighted by molar-refractivity contribution is 7.89. The van der Waals surface area contributed by atoms with E-state index in [1.165, 1.54) is 23.4 Å². The SMILES string of the molecule is CC(OC(=O)C1CCN(S(=O)(=O)c2ccc(F)cc2)CC1)C(=O)NCc1ccccc1Cl. The Kier molecular flexibility index (Phi) is 7.86. The number of esters is 1. The third kappa shape index (κ3) is 5.85. The molecule has 32 heavy (non-hydrogen) atoms. The van der Waals surface area contributed by atoms with E-state index in [0.717, 1.165) is 17.7 Å². The number of ether oxygens (including phenoxy) is 1. The Morgan fingerprint density at radius 1 is 1.16 bits per heavy atom. The summed E-state index contributed by atoms with van der Waals surface area (Å²) < 4.78 is 45.0. The van der Waals surface area contributed by atoms with E-state index in [1.54, 1.807) is 24.3 Å². The van der Waals surface area contributed by atoms with Crippen molar-refractivity contribution >= 4 is 33.5 Å². The third-order valence-electron chi connectivity index (χ3n) is 5.31. The molecule has 3 rings (SSSR count). The van der Waals surface area contributed by atoms with Crippen LogP contribution in [0.1, 0.15) is 25.3 Å². The first-order valence-electron chi connectivity index (χ1n) is 10.2. The minimum Gasteiger partial charge on any atom is -0.452 e. The van der Waals surface area contributed by atoms with Gasteiger partial charge >= 0.3 is 5.97 Å². The van der Waals surface area contributed by atoms with Crippen LogP contribution in [0.2, 0.25) is 5.02 Å². The molecule has 2 aromatic carbocycles. The Morgan fingerprint density at radius 3 is 2.41 bits per heavy atom. The van der Waals surface area contributed by atoms with Gasteiger partial charge in [0.2, 0.25) is 10.0 Å². The van der Waals surface area contributed by atoms with E-state index in [0.29, 0.717) is 5.02 Å². The highest BCUT2D eigenvalue weighted by atomic mass is 35.5. The zero-order valence-corrected chi connectivity index (χ0v) is 19.0. The van der Waals surface area contributed by atoms with E-state index in [2.05, 4.69) is 5.32 Å². The summed E-state index contributed by atoms with van der Waals surface area (Å²) in [5.74, 6) is -2.01. The van der Waals surface area contributed by atoms with Crippen LogP contribution in [0.15, 0.2) is 53.4 Å². The first-order chi connectivity index (χ1) is 15.2. The van der Waals surface area contributed by atoms with Crippen molar-refractivity contribution in [3.63, 3.8) is 0 Å². The number of piperidine rings is 1. The second-order valence-corrected chi connectivity index (χ2v) is 9.87. The van der Waals surface area contributed by atoms with Crippen molar-refractivity contribution in [2.24, 2.45) is 5.92 Å². The first kappa shape index (κ1) is 24.2. The second-order valence-electron chi connectivity index (χ2n) is 7.52. The van der Waals surface area contributed by atoms with Crippen molar-refractivity contribution in [1.29, 1.82) is 0 Å². The highest BCUT2D eigenvalue weighted by Gasteiger charge is 2.34. The molecule has 2 aromatic rings. The summed E-state index contributed by atoms with van der Waals surface area (Å²) in [5, 5.41) is 3.21. The highest BCUT2D eigenvalue weighted by Crippen LogP contribution is 2.25. The molecule has 7 nitrogen and oxygen atoms in total. The molecule has 1 fully saturated rings. The fraction of sp³-hybridized carbons (Fsp3) is 0.364. The zero-order valence-electron chi connectivity index (χ0n) is 17.5. The Morgan fingerprint density at radius 2 is 1.78 bits per heavy atom. The van der Waals surface area contributed by atoms with Crippen molar-refractivity contribution in [3.8, 4) is 0 Å². The standard InChI is InChI=1S/C22H24ClFN2O5S/c1-15(21(27)25-14-17-4-2-3-5-20(17)23)31-22(28)16-10-12-26(13-11-16)32(29,30)19-8-6-18(24)7-9-19/h2-9,15-16H,10-14H2,1H3,(H,25,27). The van der Waals surface area contributed by atoms with Gasteiger partial charge in [0.05, 0.1) is 10.8 Å². The maximum atomic E-state index is 13.1. The van der Waals surface area contributed by atoms with Crippen LogP contribution in [0.4, 0.5) is 4.39 Å². The van der Waals surface area contributed by atoms with Gasteiger partial charge in [-0.1, -0.05) is 29.8 Å². The van der Waals surface area contributed by atoms with Crippen LogP contribution in [0.25, 0.3) is 0 Å². The van der Waals surface area contributed by atoms with Gasteiger partial charge in [-0.15, -0.1) is 0 Å². The number of nitrogens with zero attached hydrogens (tertiary/aromatic N) is 1. The minimum absolute atomic E-state index is 0.00346. The lowest BCUT2D eigenvalue weighted by Crippen LogP contribution is -2.42. The Bertz CT molecular complexity index is 1070. The number of carbonyl (C=O) groups is 2. The molecule has 1 atom stereocenters. The molecule has 0 bridgehead atoms. The molecule has 1 amide bonds. The molecule has 1 aliphatic rings. The maximum Gasteiger partial charge on any atom is 0.309 e. The molecule has 0 saturated carbocycles. The van der Waals surface area contributed by atoms with E-state index in [-0.39, 0.29) is 37.4 Å². The molecule has 0 aromatic heterocycles. The lowest BCUT2D eigenvalue weighted by Gasteiger charge is -2.30. The average Bonchev–Trinajstić information content (AvgIpc) is 2.78. The Hall–Kier alpha value is -2.49. The number of hydrogen-bond donors (Lipinski definition) is 1. The molecular weight excluding hydrogens is 459 g/mol. The zero-order chi connectivity index (χ0) is 23.3. The Balaban J connectivity index is 1.49. The van der Waals surface area contributed by atoms with Gasteiger partial charge in [0, 0.05) is 24.7 Å². The summed E-state index contributed by atoms with van der Waals surface area (Å²) in [6.45, 7) is 1.95. The molecule has 10 heteroatoms. The summed E-state index contributed by atoms with van der Waals surface area (Å²) in [5.41, 5.74) is 0.746. The van der Waals surface area contributed by atoms with Crippen LogP contribution >= 0.6 is 11.6 Å². The van der Waals surface area contributed by atoms with Gasteiger partial charge in [-0.25, -0.2) is 12.8 Å². The monoisotopic (exact) mass is 482 g/mol. The number of amides is 1. The molecule has 1 saturated heterocycles. The van der Waals surface area contributed by atoms with Crippen molar-refractivity contribution in [1.82, 2.24) is 9.62 Å². The molecule has 1 unspecified atom stereocenters. The lowest BCUT2D eigenvalue weighted by molar-refractivity contribution is -0.159. The van der Waals surface area contributed by atoms with Gasteiger partial charge in [-0.3, -0.25) is 9.59 Å². The van der Waals surface area contributed by atoms with Crippen LogP contribution in [0.5, 0.6) is 0 Å². The normalized spacial score (nSPS) is 16.3. The lowest BCUT2D eigenvalue weighted by atomic mass is 9.98. The van der Waals surface area contributed by atoms with Crippen LogP contribution < -0.4 is 5.32 Å². The molecule has 0 spiro atoms. The van der Waals surface area contributed by atoms with Crippen molar-refractivity contribution < 1.29 is 27.1 Å². The van der Waals surface area contributed by atoms with E-state index < -0.39 is 39.7 Å². The van der Waals surface area contributed by atoms with Crippen molar-refractivity contribution in [2.45, 2.75) is 37.3 Å². The first-order valence-corrected chi connectivity index (χ1v) is 12.0. The number of nitrogens with one attached hydrogen (secondary N) is 1. The summed E-state index contributed by atoms with van der Waals surface area (Å²) in [6.07, 6.45) is -0.452. The molecule has 1 heterocycles. The number of rotatable bonds is 7. The van der Waals surface area contributed by atoms with Gasteiger partial charge in [-0.2, -0.15) is 4.31 Å². The summed E-state index contributed by atoms with van der Waals surface area (Å²) in [7, 11) is -3.76. The van der Waals surface area contributed by atoms with Crippen LogP contribution in [-0.4, -0.2) is 43.8 Å². The quantitative estimate of drug-likeness (QED) is 0.612. The number of carbonyl (C=O) groups excluding carboxylic acids is 2. The van der Waals surface area contributed by atoms with Gasteiger partial charge in [-0.05, 0) is 55.7 Å². The van der Waals surface area contributed by atoms with Crippen LogP contribution in [0.3, 0.4) is 0 Å². The predicted octanol–water partition coefficient (Wildman–Crippen LogP) is 3.13. The van der Waals surface area contributed by atoms with Crippen molar-refractivity contribution in [2.75, 3.05) is 13.1 Å². The van der Waals surface area contributed by atoms with Crippen LogP contribution in [-0.2, 0) is 30.9 Å². The molecular formula is C22H24ClFN2O5S. The number of sulfonamides is 1. The van der Waals surface area contributed by atoms with Gasteiger partial charge in [0.1, 0.15) is 5.82 Å². The predicted molar refractivity (Wildman–Crippen MR) is 117 cm³/mol. The topological polar surface area (TPSA) is 92.8 Å². The molecule has 172 valence electrons. The van der Waals surface area contributed by atoms with E-state index in [9.17, 15) is 22.4 Å². The largest absolute Gasteiger partial charge is 0.452 e. The minimum atomic E-state index is -3.76. The van der Waals surface area contributed by atoms with Crippen LogP contribution in [0, 0.1) is 11.7 Å². The second kappa shape index (κ2) is 10.4. The number of benzene rings is 2. The average molecular weight is 483 g/mol. The van der Waals surface area contributed by atoms with E-state index >= 15 is 0 Å². The summed E-state index contributed by atoms with van der Waals surface area (Å²) >= 11 is 6.06. The van der Waals surface area contributed by atoms with Crippen molar-refractivity contribution in [3.05, 3.63) is 64.9 Å². The number of hydrogen-bond acceptors (Lipinski definition) is 5. The van der Waals surface area contributed by atoms with E-state index in [1.807, 2.05) is 0 Å². The summed E-state index contributed by atoms with van der Waals surface area (Å²) in [6, 6.07) is 11.7. The molecule has 0 aliphatic carbocycles. The number of halogens is 2. The molecule has 0 radical (unpaired) electrons. The molecule has 1 aliphatic heterocycles. The molecule has 1 N–H and O–H groups in total. The fourth-order valence-corrected chi connectivity index (χ4v) is 5.05. The van der Waals surface area contributed by atoms with Gasteiger partial charge in [0.15, 0.2) is 6.10 Å². The van der Waals surface area contributed by atoms with Gasteiger partial charge < -0.3 is 10.1 Å². The third-order valence-corrected chi connectivity index (χ3v) is 7.59.